The van der Waals surface area contributed by atoms with Crippen LogP contribution in [0.3, 0.4) is 0 Å². The van der Waals surface area contributed by atoms with E-state index in [1.165, 1.54) is 12.0 Å². The minimum Gasteiger partial charge on any atom is -0.378 e. The van der Waals surface area contributed by atoms with E-state index in [4.69, 9.17) is 30.5 Å². The number of rotatable bonds is 8. The first kappa shape index (κ1) is 25.3. The summed E-state index contributed by atoms with van der Waals surface area (Å²) in [4.78, 5) is 28.8. The maximum absolute atomic E-state index is 13.1. The third-order valence-corrected chi connectivity index (χ3v) is 7.68. The van der Waals surface area contributed by atoms with Crippen molar-refractivity contribution in [3.05, 3.63) is 34.9 Å². The van der Waals surface area contributed by atoms with E-state index in [0.29, 0.717) is 36.9 Å². The molecular formula is C21H28ClN3O8S. The molecule has 2 amide bonds. The van der Waals surface area contributed by atoms with Crippen molar-refractivity contribution in [1.82, 2.24) is 14.5 Å². The molecule has 3 saturated heterocycles. The third kappa shape index (κ3) is 5.38. The fraction of sp³-hybridized carbons (Fsp3) is 0.619. The monoisotopic (exact) mass is 517 g/mol. The average Bonchev–Trinajstić information content (AvgIpc) is 3.43. The highest BCUT2D eigenvalue weighted by molar-refractivity contribution is 7.89. The number of nitrogens with one attached hydrogen (secondary N) is 1. The minimum absolute atomic E-state index is 0.177. The summed E-state index contributed by atoms with van der Waals surface area (Å²) in [6.45, 7) is 2.28. The third-order valence-electron chi connectivity index (χ3n) is 6.02. The largest absolute Gasteiger partial charge is 0.378 e. The van der Waals surface area contributed by atoms with Crippen LogP contribution in [0, 0.1) is 0 Å². The molecule has 1 aromatic rings. The number of carbonyl (C=O) groups is 2. The molecule has 0 aromatic heterocycles. The molecule has 0 spiro atoms. The van der Waals surface area contributed by atoms with E-state index in [9.17, 15) is 18.0 Å². The molecule has 0 unspecified atom stereocenters. The van der Waals surface area contributed by atoms with Crippen molar-refractivity contribution >= 4 is 33.4 Å². The second-order valence-corrected chi connectivity index (χ2v) is 10.4. The van der Waals surface area contributed by atoms with E-state index in [1.807, 2.05) is 0 Å². The number of carbonyl (C=O) groups excluding carboxylic acids is 2. The predicted molar refractivity (Wildman–Crippen MR) is 120 cm³/mol. The van der Waals surface area contributed by atoms with Crippen LogP contribution in [-0.4, -0.2) is 101 Å². The number of sulfonamides is 1. The molecule has 188 valence electrons. The van der Waals surface area contributed by atoms with Crippen molar-refractivity contribution in [3.8, 4) is 0 Å². The first-order chi connectivity index (χ1) is 16.2. The Kier molecular flexibility index (Phi) is 7.77. The average molecular weight is 518 g/mol. The van der Waals surface area contributed by atoms with Crippen LogP contribution in [0.4, 0.5) is 0 Å². The van der Waals surface area contributed by atoms with Gasteiger partial charge in [-0.3, -0.25) is 9.59 Å². The molecule has 0 aliphatic carbocycles. The lowest BCUT2D eigenvalue weighted by atomic mass is 10.1. The predicted octanol–water partition coefficient (Wildman–Crippen LogP) is -0.109. The summed E-state index contributed by atoms with van der Waals surface area (Å²) in [6, 6.07) is 5.51. The van der Waals surface area contributed by atoms with Gasteiger partial charge in [-0.25, -0.2) is 13.1 Å². The maximum atomic E-state index is 13.1. The lowest BCUT2D eigenvalue weighted by Crippen LogP contribution is -2.54. The van der Waals surface area contributed by atoms with Gasteiger partial charge >= 0.3 is 0 Å². The van der Waals surface area contributed by atoms with E-state index in [-0.39, 0.29) is 32.1 Å². The topological polar surface area (TPSA) is 124 Å². The quantitative estimate of drug-likeness (QED) is 0.506. The number of hydrogen-bond donors (Lipinski definition) is 1. The molecule has 13 heteroatoms. The number of likely N-dealkylation sites (tertiary alicyclic amines) is 1. The van der Waals surface area contributed by atoms with Crippen LogP contribution in [0.5, 0.6) is 0 Å². The molecule has 3 heterocycles. The van der Waals surface area contributed by atoms with E-state index >= 15 is 0 Å². The zero-order valence-corrected chi connectivity index (χ0v) is 20.3. The highest BCUT2D eigenvalue weighted by atomic mass is 35.5. The minimum atomic E-state index is -4.03. The van der Waals surface area contributed by atoms with E-state index in [1.54, 1.807) is 29.2 Å². The fourth-order valence-corrected chi connectivity index (χ4v) is 6.04. The summed E-state index contributed by atoms with van der Waals surface area (Å²) >= 11 is 5.95. The zero-order chi connectivity index (χ0) is 24.3. The molecule has 1 N–H and O–H groups in total. The van der Waals surface area contributed by atoms with Crippen LogP contribution < -0.4 is 4.72 Å². The Morgan fingerprint density at radius 1 is 1.18 bits per heavy atom. The molecule has 2 atom stereocenters. The Morgan fingerprint density at radius 3 is 2.44 bits per heavy atom. The molecular weight excluding hydrogens is 490 g/mol. The van der Waals surface area contributed by atoms with Gasteiger partial charge in [-0.05, 0) is 18.6 Å². The van der Waals surface area contributed by atoms with E-state index in [2.05, 4.69) is 4.72 Å². The van der Waals surface area contributed by atoms with Crippen molar-refractivity contribution in [2.75, 3.05) is 58.9 Å². The van der Waals surface area contributed by atoms with Crippen LogP contribution in [0.2, 0.25) is 5.02 Å². The van der Waals surface area contributed by atoms with Gasteiger partial charge in [0.15, 0.2) is 0 Å². The number of morpholine rings is 1. The summed E-state index contributed by atoms with van der Waals surface area (Å²) in [7, 11) is -2.68. The Labute approximate surface area is 203 Å². The number of benzene rings is 1. The van der Waals surface area contributed by atoms with Crippen LogP contribution >= 0.6 is 11.6 Å². The lowest BCUT2D eigenvalue weighted by Gasteiger charge is -2.33. The van der Waals surface area contributed by atoms with Gasteiger partial charge in [0.2, 0.25) is 27.9 Å². The van der Waals surface area contributed by atoms with Gasteiger partial charge in [-0.2, -0.15) is 0 Å². The smallest absolute Gasteiger partial charge is 0.273 e. The molecule has 0 radical (unpaired) electrons. The number of halogens is 1. The number of ether oxygens (including phenoxy) is 4. The van der Waals surface area contributed by atoms with Crippen LogP contribution in [0.15, 0.2) is 24.3 Å². The number of nitrogens with zero attached hydrogens (tertiary/aromatic N) is 2. The molecule has 3 aliphatic rings. The molecule has 1 aromatic carbocycles. The normalized spacial score (nSPS) is 23.9. The van der Waals surface area contributed by atoms with Gasteiger partial charge in [-0.1, -0.05) is 23.7 Å². The highest BCUT2D eigenvalue weighted by Crippen LogP contribution is 2.34. The molecule has 3 fully saturated rings. The summed E-state index contributed by atoms with van der Waals surface area (Å²) in [5.74, 6) is -2.91. The van der Waals surface area contributed by atoms with Crippen LogP contribution in [-0.2, 0) is 44.3 Å². The van der Waals surface area contributed by atoms with E-state index < -0.39 is 39.7 Å². The first-order valence-electron chi connectivity index (χ1n) is 11.0. The van der Waals surface area contributed by atoms with Gasteiger partial charge in [0, 0.05) is 37.3 Å². The second-order valence-electron chi connectivity index (χ2n) is 8.23. The summed E-state index contributed by atoms with van der Waals surface area (Å²) in [5.41, 5.74) is 0.509. The van der Waals surface area contributed by atoms with E-state index in [0.717, 1.165) is 0 Å². The van der Waals surface area contributed by atoms with Crippen LogP contribution in [0.25, 0.3) is 0 Å². The van der Waals surface area contributed by atoms with Crippen molar-refractivity contribution in [2.45, 2.75) is 24.5 Å². The standard InChI is InChI=1S/C21H28ClN3O8S/c1-30-20(19(27)24-8-10-31-11-9-24)25-7-6-17(18(25)26)23-34(28,29)14-21(32-12-13-33-21)15-2-4-16(22)5-3-15/h2-5,17,20,23H,6-14H2,1H3/t17-,20-/m0/s1. The maximum Gasteiger partial charge on any atom is 0.273 e. The van der Waals surface area contributed by atoms with Gasteiger partial charge < -0.3 is 28.7 Å². The van der Waals surface area contributed by atoms with Crippen molar-refractivity contribution in [2.24, 2.45) is 0 Å². The summed E-state index contributed by atoms with van der Waals surface area (Å²) < 4.78 is 50.6. The number of amides is 2. The number of methoxy groups -OCH3 is 1. The molecule has 11 nitrogen and oxygen atoms in total. The summed E-state index contributed by atoms with van der Waals surface area (Å²) in [5, 5.41) is 0.494. The van der Waals surface area contributed by atoms with Crippen molar-refractivity contribution < 1.29 is 37.0 Å². The van der Waals surface area contributed by atoms with Gasteiger partial charge in [0.05, 0.1) is 26.4 Å². The molecule has 34 heavy (non-hydrogen) atoms. The summed E-state index contributed by atoms with van der Waals surface area (Å²) in [6.07, 6.45) is -0.925. The number of hydrogen-bond acceptors (Lipinski definition) is 8. The lowest BCUT2D eigenvalue weighted by molar-refractivity contribution is -0.163. The molecule has 3 aliphatic heterocycles. The van der Waals surface area contributed by atoms with Gasteiger partial charge in [0.25, 0.3) is 5.91 Å². The fourth-order valence-electron chi connectivity index (χ4n) is 4.35. The first-order valence-corrected chi connectivity index (χ1v) is 13.0. The van der Waals surface area contributed by atoms with Crippen molar-refractivity contribution in [3.63, 3.8) is 0 Å². The Hall–Kier alpha value is -1.80. The zero-order valence-electron chi connectivity index (χ0n) is 18.8. The molecule has 4 rings (SSSR count). The molecule has 0 saturated carbocycles. The SMILES string of the molecule is CO[C@@H](C(=O)N1CCOCC1)N1CC[C@H](NS(=O)(=O)CC2(c3ccc(Cl)cc3)OCCO2)C1=O. The Bertz CT molecular complexity index is 994. The Balaban J connectivity index is 1.44. The second kappa shape index (κ2) is 10.4. The highest BCUT2D eigenvalue weighted by Gasteiger charge is 2.46. The van der Waals surface area contributed by atoms with Gasteiger partial charge in [0.1, 0.15) is 11.8 Å². The van der Waals surface area contributed by atoms with Gasteiger partial charge in [-0.15, -0.1) is 0 Å². The molecule has 0 bridgehead atoms. The van der Waals surface area contributed by atoms with Crippen molar-refractivity contribution in [1.29, 1.82) is 0 Å². The van der Waals surface area contributed by atoms with Crippen LogP contribution in [0.1, 0.15) is 12.0 Å². The Morgan fingerprint density at radius 2 is 1.82 bits per heavy atom.